The molecule has 1 nitrogen and oxygen atoms in total. The molecule has 82 valence electrons. The summed E-state index contributed by atoms with van der Waals surface area (Å²) >= 11 is 1.52. The van der Waals surface area contributed by atoms with E-state index in [9.17, 15) is 8.78 Å². The van der Waals surface area contributed by atoms with E-state index in [4.69, 9.17) is 0 Å². The Morgan fingerprint density at radius 3 is 2.60 bits per heavy atom. The van der Waals surface area contributed by atoms with Gasteiger partial charge in [-0.05, 0) is 38.1 Å². The first-order valence-corrected chi connectivity index (χ1v) is 5.96. The van der Waals surface area contributed by atoms with E-state index in [2.05, 4.69) is 5.32 Å². The van der Waals surface area contributed by atoms with Crippen LogP contribution in [0.3, 0.4) is 0 Å². The fraction of sp³-hybridized carbons (Fsp3) is 0.455. The highest BCUT2D eigenvalue weighted by Gasteiger charge is 2.16. The summed E-state index contributed by atoms with van der Waals surface area (Å²) in [4.78, 5) is 0.559. The second-order valence-electron chi connectivity index (χ2n) is 3.64. The van der Waals surface area contributed by atoms with Crippen LogP contribution in [-0.4, -0.2) is 18.3 Å². The average molecular weight is 229 g/mol. The summed E-state index contributed by atoms with van der Waals surface area (Å²) in [5, 5.41) is 3.71. The van der Waals surface area contributed by atoms with E-state index < -0.39 is 11.6 Å². The molecule has 1 heterocycles. The Morgan fingerprint density at radius 2 is 1.93 bits per heavy atom. The largest absolute Gasteiger partial charge is 0.317 e. The molecule has 4 heteroatoms. The molecule has 0 amide bonds. The number of piperidine rings is 1. The van der Waals surface area contributed by atoms with Crippen molar-refractivity contribution in [2.24, 2.45) is 0 Å². The normalized spacial score (nSPS) is 18.0. The van der Waals surface area contributed by atoms with Gasteiger partial charge in [0.1, 0.15) is 11.6 Å². The average Bonchev–Trinajstić information content (AvgIpc) is 2.24. The van der Waals surface area contributed by atoms with Gasteiger partial charge in [0.05, 0.1) is 0 Å². The molecule has 0 atom stereocenters. The number of nitrogens with one attached hydrogen (secondary N) is 1. The Hall–Kier alpha value is -0.610. The molecule has 1 aromatic rings. The maximum Gasteiger partial charge on any atom is 0.139 e. The first-order valence-electron chi connectivity index (χ1n) is 5.08. The summed E-state index contributed by atoms with van der Waals surface area (Å²) in [5.41, 5.74) is 0. The van der Waals surface area contributed by atoms with Crippen molar-refractivity contribution < 1.29 is 8.78 Å². The third-order valence-electron chi connectivity index (χ3n) is 2.47. The van der Waals surface area contributed by atoms with Crippen LogP contribution in [0.2, 0.25) is 0 Å². The van der Waals surface area contributed by atoms with Crippen molar-refractivity contribution in [1.29, 1.82) is 0 Å². The van der Waals surface area contributed by atoms with Crippen molar-refractivity contribution in [3.05, 3.63) is 29.8 Å². The Labute approximate surface area is 92.3 Å². The summed E-state index contributed by atoms with van der Waals surface area (Å²) in [6.45, 7) is 1.97. The summed E-state index contributed by atoms with van der Waals surface area (Å²) in [5.74, 6) is -0.958. The number of hydrogen-bond acceptors (Lipinski definition) is 2. The van der Waals surface area contributed by atoms with Crippen molar-refractivity contribution in [2.75, 3.05) is 13.1 Å². The summed E-state index contributed by atoms with van der Waals surface area (Å²) in [6, 6.07) is 3.78. The molecule has 0 saturated carbocycles. The van der Waals surface area contributed by atoms with Gasteiger partial charge in [0.25, 0.3) is 0 Å². The molecular formula is C11H13F2NS. The predicted octanol–water partition coefficient (Wildman–Crippen LogP) is 2.81. The quantitative estimate of drug-likeness (QED) is 0.837. The van der Waals surface area contributed by atoms with Crippen LogP contribution < -0.4 is 5.32 Å². The van der Waals surface area contributed by atoms with Gasteiger partial charge >= 0.3 is 0 Å². The molecule has 0 spiro atoms. The third kappa shape index (κ3) is 2.92. The van der Waals surface area contributed by atoms with Crippen LogP contribution in [0.1, 0.15) is 12.8 Å². The topological polar surface area (TPSA) is 12.0 Å². The highest BCUT2D eigenvalue weighted by atomic mass is 32.2. The van der Waals surface area contributed by atoms with E-state index >= 15 is 0 Å². The molecule has 1 saturated heterocycles. The number of rotatable bonds is 2. The molecular weight excluding hydrogens is 216 g/mol. The lowest BCUT2D eigenvalue weighted by atomic mass is 10.2. The Kier molecular flexibility index (Phi) is 3.59. The lowest BCUT2D eigenvalue weighted by molar-refractivity contribution is 0.529. The van der Waals surface area contributed by atoms with Gasteiger partial charge in [-0.3, -0.25) is 0 Å². The lowest BCUT2D eigenvalue weighted by Crippen LogP contribution is -2.29. The molecule has 0 radical (unpaired) electrons. The molecule has 1 aliphatic heterocycles. The van der Waals surface area contributed by atoms with Crippen molar-refractivity contribution >= 4 is 11.8 Å². The zero-order valence-electron chi connectivity index (χ0n) is 8.30. The van der Waals surface area contributed by atoms with E-state index in [0.717, 1.165) is 32.0 Å². The molecule has 0 aromatic heterocycles. The Morgan fingerprint density at radius 1 is 1.20 bits per heavy atom. The van der Waals surface area contributed by atoms with Gasteiger partial charge in [-0.1, -0.05) is 0 Å². The highest BCUT2D eigenvalue weighted by molar-refractivity contribution is 8.00. The van der Waals surface area contributed by atoms with Gasteiger partial charge in [0.15, 0.2) is 0 Å². The van der Waals surface area contributed by atoms with Gasteiger partial charge in [-0.15, -0.1) is 11.8 Å². The fourth-order valence-corrected chi connectivity index (χ4v) is 2.81. The van der Waals surface area contributed by atoms with Crippen LogP contribution in [0, 0.1) is 11.6 Å². The zero-order chi connectivity index (χ0) is 10.7. The standard InChI is InChI=1S/C11H13F2NS/c12-8-1-2-11(10(13)7-8)15-9-3-5-14-6-4-9/h1-2,7,9,14H,3-6H2. The lowest BCUT2D eigenvalue weighted by Gasteiger charge is -2.22. The maximum atomic E-state index is 13.3. The monoisotopic (exact) mass is 229 g/mol. The number of halogens is 2. The summed E-state index contributed by atoms with van der Waals surface area (Å²) in [7, 11) is 0. The Balaban J connectivity index is 2.03. The molecule has 1 fully saturated rings. The van der Waals surface area contributed by atoms with Gasteiger partial charge in [0.2, 0.25) is 0 Å². The third-order valence-corrected chi connectivity index (χ3v) is 3.86. The highest BCUT2D eigenvalue weighted by Crippen LogP contribution is 2.30. The van der Waals surface area contributed by atoms with E-state index in [1.807, 2.05) is 0 Å². The van der Waals surface area contributed by atoms with Crippen molar-refractivity contribution in [3.63, 3.8) is 0 Å². The predicted molar refractivity (Wildman–Crippen MR) is 58.1 cm³/mol. The SMILES string of the molecule is Fc1ccc(SC2CCNCC2)c(F)c1. The number of benzene rings is 1. The minimum atomic E-state index is -0.512. The van der Waals surface area contributed by atoms with Crippen LogP contribution >= 0.6 is 11.8 Å². The molecule has 15 heavy (non-hydrogen) atoms. The van der Waals surface area contributed by atoms with Crippen LogP contribution in [0.25, 0.3) is 0 Å². The molecule has 0 unspecified atom stereocenters. The van der Waals surface area contributed by atoms with E-state index in [1.54, 1.807) is 0 Å². The second kappa shape index (κ2) is 4.94. The summed E-state index contributed by atoms with van der Waals surface area (Å²) in [6.07, 6.45) is 2.09. The van der Waals surface area contributed by atoms with Crippen molar-refractivity contribution in [1.82, 2.24) is 5.32 Å². The van der Waals surface area contributed by atoms with E-state index in [-0.39, 0.29) is 0 Å². The van der Waals surface area contributed by atoms with Gasteiger partial charge in [-0.2, -0.15) is 0 Å². The minimum Gasteiger partial charge on any atom is -0.317 e. The van der Waals surface area contributed by atoms with Gasteiger partial charge in [0, 0.05) is 16.2 Å². The van der Waals surface area contributed by atoms with Crippen molar-refractivity contribution in [2.45, 2.75) is 23.0 Å². The zero-order valence-corrected chi connectivity index (χ0v) is 9.12. The van der Waals surface area contributed by atoms with Gasteiger partial charge in [-0.25, -0.2) is 8.78 Å². The second-order valence-corrected chi connectivity index (χ2v) is 4.98. The van der Waals surface area contributed by atoms with Crippen LogP contribution in [0.15, 0.2) is 23.1 Å². The first kappa shape index (κ1) is 10.9. The van der Waals surface area contributed by atoms with E-state index in [0.29, 0.717) is 10.1 Å². The number of hydrogen-bond donors (Lipinski definition) is 1. The molecule has 2 rings (SSSR count). The van der Waals surface area contributed by atoms with E-state index in [1.165, 1.54) is 23.9 Å². The Bertz CT molecular complexity index is 337. The smallest absolute Gasteiger partial charge is 0.139 e. The molecule has 1 aliphatic rings. The number of thioether (sulfide) groups is 1. The maximum absolute atomic E-state index is 13.3. The molecule has 1 aromatic carbocycles. The first-order chi connectivity index (χ1) is 7.25. The molecule has 0 bridgehead atoms. The van der Waals surface area contributed by atoms with Crippen molar-refractivity contribution in [3.8, 4) is 0 Å². The van der Waals surface area contributed by atoms with Crippen LogP contribution in [0.4, 0.5) is 8.78 Å². The minimum absolute atomic E-state index is 0.446. The van der Waals surface area contributed by atoms with Crippen LogP contribution in [-0.2, 0) is 0 Å². The van der Waals surface area contributed by atoms with Gasteiger partial charge < -0.3 is 5.32 Å². The fourth-order valence-electron chi connectivity index (χ4n) is 1.66. The molecule has 1 N–H and O–H groups in total. The summed E-state index contributed by atoms with van der Waals surface area (Å²) < 4.78 is 26.0. The van der Waals surface area contributed by atoms with Crippen LogP contribution in [0.5, 0.6) is 0 Å². The molecule has 0 aliphatic carbocycles.